The van der Waals surface area contributed by atoms with Gasteiger partial charge in [0.25, 0.3) is 5.91 Å². The first kappa shape index (κ1) is 13.1. The summed E-state index contributed by atoms with van der Waals surface area (Å²) in [5.41, 5.74) is 7.72. The smallest absolute Gasteiger partial charge is 0.251 e. The van der Waals surface area contributed by atoms with Crippen molar-refractivity contribution < 1.29 is 9.32 Å². The van der Waals surface area contributed by atoms with Gasteiger partial charge in [0.15, 0.2) is 5.82 Å². The molecule has 0 unspecified atom stereocenters. The van der Waals surface area contributed by atoms with Crippen molar-refractivity contribution in [3.8, 4) is 0 Å². The molecule has 0 spiro atoms. The van der Waals surface area contributed by atoms with Crippen LogP contribution in [0.2, 0.25) is 0 Å². The molecule has 3 N–H and O–H groups in total. The van der Waals surface area contributed by atoms with Crippen LogP contribution in [-0.4, -0.2) is 22.6 Å². The lowest BCUT2D eigenvalue weighted by atomic mass is 10.1. The van der Waals surface area contributed by atoms with Gasteiger partial charge in [0.05, 0.1) is 0 Å². The summed E-state index contributed by atoms with van der Waals surface area (Å²) in [6, 6.07) is 5.26. The van der Waals surface area contributed by atoms with Gasteiger partial charge >= 0.3 is 0 Å². The summed E-state index contributed by atoms with van der Waals surface area (Å²) in [5, 5.41) is 6.49. The summed E-state index contributed by atoms with van der Waals surface area (Å²) in [5.74, 6) is 0.955. The number of amides is 1. The molecule has 0 aliphatic heterocycles. The van der Waals surface area contributed by atoms with Crippen LogP contribution in [0.5, 0.6) is 0 Å². The molecule has 0 saturated carbocycles. The van der Waals surface area contributed by atoms with Crippen LogP contribution in [0.1, 0.15) is 27.6 Å². The minimum Gasteiger partial charge on any atom is -0.399 e. The Kier molecular flexibility index (Phi) is 3.79. The van der Waals surface area contributed by atoms with E-state index in [0.29, 0.717) is 35.9 Å². The fraction of sp³-hybridized carbons (Fsp3) is 0.308. The van der Waals surface area contributed by atoms with E-state index in [1.54, 1.807) is 19.1 Å². The van der Waals surface area contributed by atoms with E-state index in [4.69, 9.17) is 10.3 Å². The van der Waals surface area contributed by atoms with Gasteiger partial charge in [0.1, 0.15) is 0 Å². The van der Waals surface area contributed by atoms with Crippen molar-refractivity contribution in [2.45, 2.75) is 20.3 Å². The number of aryl methyl sites for hydroxylation is 2. The average molecular weight is 260 g/mol. The van der Waals surface area contributed by atoms with Crippen molar-refractivity contribution in [1.82, 2.24) is 15.5 Å². The zero-order valence-electron chi connectivity index (χ0n) is 10.9. The van der Waals surface area contributed by atoms with Crippen LogP contribution in [0.15, 0.2) is 22.7 Å². The Morgan fingerprint density at radius 1 is 1.42 bits per heavy atom. The molecule has 0 atom stereocenters. The number of nitrogen functional groups attached to an aromatic ring is 1. The molecule has 1 amide bonds. The van der Waals surface area contributed by atoms with E-state index in [-0.39, 0.29) is 5.91 Å². The van der Waals surface area contributed by atoms with Gasteiger partial charge < -0.3 is 15.6 Å². The largest absolute Gasteiger partial charge is 0.399 e. The normalized spacial score (nSPS) is 10.4. The van der Waals surface area contributed by atoms with Crippen molar-refractivity contribution in [1.29, 1.82) is 0 Å². The number of rotatable bonds is 4. The summed E-state index contributed by atoms with van der Waals surface area (Å²) in [6.45, 7) is 4.06. The third-order valence-electron chi connectivity index (χ3n) is 2.70. The number of hydrogen-bond acceptors (Lipinski definition) is 5. The maximum atomic E-state index is 12.0. The molecule has 1 heterocycles. The van der Waals surface area contributed by atoms with Crippen molar-refractivity contribution >= 4 is 11.6 Å². The van der Waals surface area contributed by atoms with Crippen molar-refractivity contribution in [3.05, 3.63) is 41.0 Å². The molecule has 2 rings (SSSR count). The van der Waals surface area contributed by atoms with Crippen molar-refractivity contribution in [2.75, 3.05) is 12.3 Å². The Labute approximate surface area is 111 Å². The molecule has 2 aromatic rings. The van der Waals surface area contributed by atoms with Gasteiger partial charge in [-0.1, -0.05) is 11.2 Å². The van der Waals surface area contributed by atoms with Gasteiger partial charge in [-0.05, 0) is 31.5 Å². The molecule has 0 aliphatic carbocycles. The summed E-state index contributed by atoms with van der Waals surface area (Å²) < 4.78 is 4.96. The topological polar surface area (TPSA) is 94.0 Å². The molecule has 100 valence electrons. The minimum absolute atomic E-state index is 0.152. The third kappa shape index (κ3) is 3.31. The molecular formula is C13H16N4O2. The second kappa shape index (κ2) is 5.51. The number of carbonyl (C=O) groups is 1. The quantitative estimate of drug-likeness (QED) is 0.807. The lowest BCUT2D eigenvalue weighted by molar-refractivity contribution is 0.0953. The molecule has 1 aromatic carbocycles. The monoisotopic (exact) mass is 260 g/mol. The molecular weight excluding hydrogens is 244 g/mol. The second-order valence-corrected chi connectivity index (χ2v) is 4.32. The van der Waals surface area contributed by atoms with Gasteiger partial charge in [-0.2, -0.15) is 4.98 Å². The van der Waals surface area contributed by atoms with E-state index >= 15 is 0 Å². The Balaban J connectivity index is 1.92. The van der Waals surface area contributed by atoms with E-state index < -0.39 is 0 Å². The Hall–Kier alpha value is -2.37. The van der Waals surface area contributed by atoms with E-state index in [1.165, 1.54) is 0 Å². The van der Waals surface area contributed by atoms with Gasteiger partial charge in [0.2, 0.25) is 5.89 Å². The van der Waals surface area contributed by atoms with Gasteiger partial charge in [-0.25, -0.2) is 0 Å². The summed E-state index contributed by atoms with van der Waals surface area (Å²) in [4.78, 5) is 16.0. The first-order valence-electron chi connectivity index (χ1n) is 6.00. The van der Waals surface area contributed by atoms with E-state index in [0.717, 1.165) is 5.56 Å². The minimum atomic E-state index is -0.152. The summed E-state index contributed by atoms with van der Waals surface area (Å²) in [6.07, 6.45) is 0.508. The Bertz CT molecular complexity index is 592. The number of anilines is 1. The van der Waals surface area contributed by atoms with Crippen LogP contribution in [0.4, 0.5) is 5.69 Å². The lowest BCUT2D eigenvalue weighted by Crippen LogP contribution is -2.26. The zero-order valence-corrected chi connectivity index (χ0v) is 10.9. The number of aromatic nitrogens is 2. The molecule has 0 bridgehead atoms. The lowest BCUT2D eigenvalue weighted by Gasteiger charge is -2.07. The first-order chi connectivity index (χ1) is 9.06. The summed E-state index contributed by atoms with van der Waals surface area (Å²) in [7, 11) is 0. The molecule has 0 saturated heterocycles. The zero-order chi connectivity index (χ0) is 13.8. The van der Waals surface area contributed by atoms with Crippen LogP contribution in [0.25, 0.3) is 0 Å². The highest BCUT2D eigenvalue weighted by atomic mass is 16.5. The maximum Gasteiger partial charge on any atom is 0.251 e. The maximum absolute atomic E-state index is 12.0. The number of nitrogens with two attached hydrogens (primary N) is 1. The predicted molar refractivity (Wildman–Crippen MR) is 70.7 cm³/mol. The number of benzene rings is 1. The molecule has 6 nitrogen and oxygen atoms in total. The van der Waals surface area contributed by atoms with Gasteiger partial charge in [0, 0.05) is 24.2 Å². The van der Waals surface area contributed by atoms with Crippen molar-refractivity contribution in [3.63, 3.8) is 0 Å². The van der Waals surface area contributed by atoms with Crippen molar-refractivity contribution in [2.24, 2.45) is 0 Å². The molecule has 0 radical (unpaired) electrons. The van der Waals surface area contributed by atoms with Crippen LogP contribution >= 0.6 is 0 Å². The number of carbonyl (C=O) groups excluding carboxylic acids is 1. The first-order valence-corrected chi connectivity index (χ1v) is 6.00. The van der Waals surface area contributed by atoms with Crippen LogP contribution < -0.4 is 11.1 Å². The standard InChI is InChI=1S/C13H16N4O2/c1-8-3-4-10(14)7-11(8)13(18)15-6-5-12-16-9(2)17-19-12/h3-4,7H,5-6,14H2,1-2H3,(H,15,18). The van der Waals surface area contributed by atoms with Crippen LogP contribution in [0.3, 0.4) is 0 Å². The number of nitrogens with zero attached hydrogens (tertiary/aromatic N) is 2. The summed E-state index contributed by atoms with van der Waals surface area (Å²) >= 11 is 0. The van der Waals surface area contributed by atoms with E-state index in [1.807, 2.05) is 13.0 Å². The fourth-order valence-electron chi connectivity index (χ4n) is 1.70. The van der Waals surface area contributed by atoms with Crippen LogP contribution in [-0.2, 0) is 6.42 Å². The average Bonchev–Trinajstić information content (AvgIpc) is 2.78. The number of nitrogens with one attached hydrogen (secondary N) is 1. The Morgan fingerprint density at radius 2 is 2.21 bits per heavy atom. The predicted octanol–water partition coefficient (Wildman–Crippen LogP) is 1.24. The van der Waals surface area contributed by atoms with E-state index in [9.17, 15) is 4.79 Å². The van der Waals surface area contributed by atoms with Gasteiger partial charge in [-0.15, -0.1) is 0 Å². The highest BCUT2D eigenvalue weighted by Crippen LogP contribution is 2.12. The fourth-order valence-corrected chi connectivity index (χ4v) is 1.70. The Morgan fingerprint density at radius 3 is 2.89 bits per heavy atom. The second-order valence-electron chi connectivity index (χ2n) is 4.32. The molecule has 19 heavy (non-hydrogen) atoms. The van der Waals surface area contributed by atoms with Crippen LogP contribution in [0, 0.1) is 13.8 Å². The SMILES string of the molecule is Cc1noc(CCNC(=O)c2cc(N)ccc2C)n1. The highest BCUT2D eigenvalue weighted by Gasteiger charge is 2.09. The highest BCUT2D eigenvalue weighted by molar-refractivity contribution is 5.96. The molecule has 0 aliphatic rings. The molecule has 0 fully saturated rings. The molecule has 1 aromatic heterocycles. The van der Waals surface area contributed by atoms with Gasteiger partial charge in [-0.3, -0.25) is 4.79 Å². The third-order valence-corrected chi connectivity index (χ3v) is 2.70. The van der Waals surface area contributed by atoms with E-state index in [2.05, 4.69) is 15.5 Å². The molecule has 6 heteroatoms. The number of hydrogen-bond donors (Lipinski definition) is 2.